The molecule has 0 fully saturated rings. The minimum atomic E-state index is -0.389. The summed E-state index contributed by atoms with van der Waals surface area (Å²) in [6, 6.07) is 3.46. The van der Waals surface area contributed by atoms with E-state index in [2.05, 4.69) is 21.2 Å². The smallest absolute Gasteiger partial charge is 0.288 e. The van der Waals surface area contributed by atoms with Gasteiger partial charge in [-0.3, -0.25) is 10.1 Å². The van der Waals surface area contributed by atoms with Gasteiger partial charge in [0.25, 0.3) is 5.69 Å². The van der Waals surface area contributed by atoms with Gasteiger partial charge in [-0.05, 0) is 35.0 Å². The molecule has 0 spiro atoms. The lowest BCUT2D eigenvalue weighted by Gasteiger charge is -2.06. The van der Waals surface area contributed by atoms with E-state index in [0.29, 0.717) is 10.0 Å². The Morgan fingerprint density at radius 2 is 2.15 bits per heavy atom. The maximum atomic E-state index is 10.7. The summed E-state index contributed by atoms with van der Waals surface area (Å²) in [5, 5.41) is 13.6. The Kier molecular flexibility index (Phi) is 2.87. The molecule has 0 radical (unpaired) electrons. The summed E-state index contributed by atoms with van der Waals surface area (Å²) in [6.45, 7) is 1.72. The Labute approximate surface area is 84.2 Å². The Morgan fingerprint density at radius 1 is 1.54 bits per heavy atom. The number of nitrogens with one attached hydrogen (secondary N) is 1. The second-order valence-electron chi connectivity index (χ2n) is 2.58. The van der Waals surface area contributed by atoms with Crippen molar-refractivity contribution in [3.8, 4) is 0 Å². The SMILES string of the molecule is CNc1ccc(Br)c([N+](=O)[O-])c1C. The van der Waals surface area contributed by atoms with Crippen LogP contribution in [-0.2, 0) is 0 Å². The molecule has 0 aromatic heterocycles. The predicted molar refractivity (Wildman–Crippen MR) is 55.1 cm³/mol. The van der Waals surface area contributed by atoms with Crippen molar-refractivity contribution >= 4 is 27.3 Å². The van der Waals surface area contributed by atoms with E-state index < -0.39 is 0 Å². The van der Waals surface area contributed by atoms with Crippen molar-refractivity contribution in [3.05, 3.63) is 32.3 Å². The molecule has 0 atom stereocenters. The summed E-state index contributed by atoms with van der Waals surface area (Å²) >= 11 is 3.14. The average Bonchev–Trinajstić information content (AvgIpc) is 2.04. The number of hydrogen-bond donors (Lipinski definition) is 1. The predicted octanol–water partition coefficient (Wildman–Crippen LogP) is 2.71. The molecule has 4 nitrogen and oxygen atoms in total. The summed E-state index contributed by atoms with van der Waals surface area (Å²) in [7, 11) is 1.74. The first kappa shape index (κ1) is 9.98. The fourth-order valence-electron chi connectivity index (χ4n) is 1.16. The summed E-state index contributed by atoms with van der Waals surface area (Å²) < 4.78 is 0.508. The van der Waals surface area contributed by atoms with E-state index in [1.54, 1.807) is 26.1 Å². The second kappa shape index (κ2) is 3.74. The molecule has 1 rings (SSSR count). The van der Waals surface area contributed by atoms with Crippen LogP contribution in [0.1, 0.15) is 5.56 Å². The fourth-order valence-corrected chi connectivity index (χ4v) is 1.74. The van der Waals surface area contributed by atoms with Crippen LogP contribution < -0.4 is 5.32 Å². The van der Waals surface area contributed by atoms with Crippen LogP contribution in [0.3, 0.4) is 0 Å². The zero-order valence-corrected chi connectivity index (χ0v) is 8.88. The highest BCUT2D eigenvalue weighted by Gasteiger charge is 2.17. The van der Waals surface area contributed by atoms with Crippen LogP contribution in [0, 0.1) is 17.0 Å². The fraction of sp³-hybridized carbons (Fsp3) is 0.250. The van der Waals surface area contributed by atoms with Gasteiger partial charge in [-0.15, -0.1) is 0 Å². The van der Waals surface area contributed by atoms with Crippen LogP contribution in [0.15, 0.2) is 16.6 Å². The highest BCUT2D eigenvalue weighted by Crippen LogP contribution is 2.32. The van der Waals surface area contributed by atoms with Gasteiger partial charge < -0.3 is 5.32 Å². The van der Waals surface area contributed by atoms with Crippen LogP contribution in [0.2, 0.25) is 0 Å². The molecular formula is C8H9BrN2O2. The second-order valence-corrected chi connectivity index (χ2v) is 3.43. The highest BCUT2D eigenvalue weighted by molar-refractivity contribution is 9.10. The molecule has 1 aromatic carbocycles. The minimum Gasteiger partial charge on any atom is -0.388 e. The first-order valence-corrected chi connectivity index (χ1v) is 4.48. The van der Waals surface area contributed by atoms with E-state index in [1.807, 2.05) is 0 Å². The van der Waals surface area contributed by atoms with E-state index >= 15 is 0 Å². The first-order valence-electron chi connectivity index (χ1n) is 3.69. The number of hydrogen-bond acceptors (Lipinski definition) is 3. The van der Waals surface area contributed by atoms with Gasteiger partial charge in [0, 0.05) is 12.7 Å². The van der Waals surface area contributed by atoms with Crippen molar-refractivity contribution in [2.45, 2.75) is 6.92 Å². The molecule has 13 heavy (non-hydrogen) atoms. The summed E-state index contributed by atoms with van der Waals surface area (Å²) in [6.07, 6.45) is 0. The third kappa shape index (κ3) is 1.80. The monoisotopic (exact) mass is 244 g/mol. The molecule has 0 unspecified atom stereocenters. The third-order valence-corrected chi connectivity index (χ3v) is 2.47. The van der Waals surface area contributed by atoms with Gasteiger partial charge in [0.15, 0.2) is 0 Å². The van der Waals surface area contributed by atoms with Crippen LogP contribution >= 0.6 is 15.9 Å². The molecule has 0 heterocycles. The van der Waals surface area contributed by atoms with Crippen LogP contribution in [0.4, 0.5) is 11.4 Å². The highest BCUT2D eigenvalue weighted by atomic mass is 79.9. The molecule has 70 valence electrons. The lowest BCUT2D eigenvalue weighted by molar-refractivity contribution is -0.386. The van der Waals surface area contributed by atoms with Crippen molar-refractivity contribution in [2.24, 2.45) is 0 Å². The lowest BCUT2D eigenvalue weighted by atomic mass is 10.1. The molecule has 0 aliphatic heterocycles. The molecule has 0 aliphatic rings. The maximum Gasteiger partial charge on any atom is 0.288 e. The van der Waals surface area contributed by atoms with Crippen molar-refractivity contribution in [2.75, 3.05) is 12.4 Å². The molecule has 0 bridgehead atoms. The number of rotatable bonds is 2. The zero-order chi connectivity index (χ0) is 10.0. The molecular weight excluding hydrogens is 236 g/mol. The topological polar surface area (TPSA) is 55.2 Å². The van der Waals surface area contributed by atoms with Gasteiger partial charge in [0.05, 0.1) is 15.0 Å². The summed E-state index contributed by atoms with van der Waals surface area (Å²) in [5.41, 5.74) is 1.53. The first-order chi connectivity index (χ1) is 6.07. The Balaban J connectivity index is 3.38. The number of nitro benzene ring substituents is 1. The average molecular weight is 245 g/mol. The van der Waals surface area contributed by atoms with Gasteiger partial charge >= 0.3 is 0 Å². The normalized spacial score (nSPS) is 9.77. The van der Waals surface area contributed by atoms with E-state index in [9.17, 15) is 10.1 Å². The molecule has 0 amide bonds. The van der Waals surface area contributed by atoms with Gasteiger partial charge in [-0.25, -0.2) is 0 Å². The number of benzene rings is 1. The van der Waals surface area contributed by atoms with Gasteiger partial charge in [0.1, 0.15) is 0 Å². The van der Waals surface area contributed by atoms with Crippen molar-refractivity contribution in [1.29, 1.82) is 0 Å². The maximum absolute atomic E-state index is 10.7. The molecule has 0 saturated heterocycles. The van der Waals surface area contributed by atoms with Gasteiger partial charge in [-0.1, -0.05) is 0 Å². The van der Waals surface area contributed by atoms with Crippen LogP contribution in [0.25, 0.3) is 0 Å². The van der Waals surface area contributed by atoms with Crippen molar-refractivity contribution < 1.29 is 4.92 Å². The standard InChI is InChI=1S/C8H9BrN2O2/c1-5-7(10-2)4-3-6(9)8(5)11(12)13/h3-4,10H,1-2H3. The van der Waals surface area contributed by atoms with Crippen molar-refractivity contribution in [1.82, 2.24) is 0 Å². The van der Waals surface area contributed by atoms with E-state index in [1.165, 1.54) is 0 Å². The van der Waals surface area contributed by atoms with Gasteiger partial charge in [0.2, 0.25) is 0 Å². The molecule has 1 N–H and O–H groups in total. The molecule has 5 heteroatoms. The molecule has 1 aromatic rings. The van der Waals surface area contributed by atoms with Crippen molar-refractivity contribution in [3.63, 3.8) is 0 Å². The lowest BCUT2D eigenvalue weighted by Crippen LogP contribution is -1.98. The summed E-state index contributed by atoms with van der Waals surface area (Å²) in [4.78, 5) is 10.3. The number of nitrogens with zero attached hydrogens (tertiary/aromatic N) is 1. The number of anilines is 1. The van der Waals surface area contributed by atoms with E-state index in [4.69, 9.17) is 0 Å². The number of nitro groups is 1. The largest absolute Gasteiger partial charge is 0.388 e. The van der Waals surface area contributed by atoms with Crippen LogP contribution in [-0.4, -0.2) is 12.0 Å². The Bertz CT molecular complexity index is 352. The Morgan fingerprint density at radius 3 is 2.62 bits per heavy atom. The Hall–Kier alpha value is -1.10. The quantitative estimate of drug-likeness (QED) is 0.643. The number of halogens is 1. The zero-order valence-electron chi connectivity index (χ0n) is 7.30. The summed E-state index contributed by atoms with van der Waals surface area (Å²) in [5.74, 6) is 0. The minimum absolute atomic E-state index is 0.117. The van der Waals surface area contributed by atoms with E-state index in [-0.39, 0.29) is 10.6 Å². The molecule has 0 saturated carbocycles. The van der Waals surface area contributed by atoms with E-state index in [0.717, 1.165) is 5.69 Å². The third-order valence-electron chi connectivity index (χ3n) is 1.83. The molecule has 0 aliphatic carbocycles. The van der Waals surface area contributed by atoms with Gasteiger partial charge in [-0.2, -0.15) is 0 Å². The van der Waals surface area contributed by atoms with Crippen LogP contribution in [0.5, 0.6) is 0 Å².